The van der Waals surface area contributed by atoms with Crippen LogP contribution in [0.3, 0.4) is 0 Å². The molecule has 1 saturated heterocycles. The van der Waals surface area contributed by atoms with Gasteiger partial charge in [-0.3, -0.25) is 19.1 Å². The van der Waals surface area contributed by atoms with Gasteiger partial charge in [-0.1, -0.05) is 65.8 Å². The van der Waals surface area contributed by atoms with Gasteiger partial charge >= 0.3 is 6.03 Å². The molecule has 0 radical (unpaired) electrons. The van der Waals surface area contributed by atoms with E-state index in [-0.39, 0.29) is 24.9 Å². The van der Waals surface area contributed by atoms with Gasteiger partial charge in [-0.2, -0.15) is 0 Å². The maximum Gasteiger partial charge on any atom is 0.318 e. The summed E-state index contributed by atoms with van der Waals surface area (Å²) in [6.45, 7) is 8.40. The Labute approximate surface area is 331 Å². The third-order valence-electron chi connectivity index (χ3n) is 12.2. The number of fused-ring (bicyclic) bond motifs is 5. The van der Waals surface area contributed by atoms with E-state index < -0.39 is 59.7 Å². The monoisotopic (exact) mass is 874 g/mol. The van der Waals surface area contributed by atoms with Crippen LogP contribution in [0.1, 0.15) is 89.8 Å². The van der Waals surface area contributed by atoms with Crippen molar-refractivity contribution in [2.45, 2.75) is 118 Å². The van der Waals surface area contributed by atoms with Crippen LogP contribution in [-0.4, -0.2) is 92.6 Å². The summed E-state index contributed by atoms with van der Waals surface area (Å²) in [5.74, 6) is -2.06. The molecule has 1 unspecified atom stereocenters. The Kier molecular flexibility index (Phi) is 10.5. The Balaban J connectivity index is 1.22. The third kappa shape index (κ3) is 7.07. The van der Waals surface area contributed by atoms with E-state index in [0.29, 0.717) is 63.8 Å². The molecule has 0 bridgehead atoms. The third-order valence-corrected chi connectivity index (χ3v) is 16.1. The highest BCUT2D eigenvalue weighted by Gasteiger charge is 2.68. The number of sulfonamides is 1. The molecule has 15 heteroatoms. The average Bonchev–Trinajstić information content (AvgIpc) is 3.98. The quantitative estimate of drug-likeness (QED) is 0.164. The Hall–Kier alpha value is -3.47. The molecule has 3 N–H and O–H groups in total. The second-order valence-corrected chi connectivity index (χ2v) is 19.9. The summed E-state index contributed by atoms with van der Waals surface area (Å²) in [5, 5.41) is 7.12. The Bertz CT molecular complexity index is 2000. The number of para-hydroxylation sites is 1. The van der Waals surface area contributed by atoms with E-state index in [0.717, 1.165) is 35.0 Å². The van der Waals surface area contributed by atoms with Crippen LogP contribution >= 0.6 is 22.6 Å². The van der Waals surface area contributed by atoms with Gasteiger partial charge in [-0.25, -0.2) is 18.2 Å². The molecule has 2 saturated carbocycles. The SMILES string of the molecule is CCN(CC)C(=O)N[C@H]1CCCCC/C=C\[C@@H]2C(C(=O)NS(=O)(=O)C3(C)CC3)[C@]2(I)NC(=O)[C@@H]2C[C@]3(CCc4c(c(C)nc5ccccc45)O3)CN2C1=O. The van der Waals surface area contributed by atoms with Crippen molar-refractivity contribution < 1.29 is 32.3 Å². The lowest BCUT2D eigenvalue weighted by molar-refractivity contribution is -0.140. The Morgan fingerprint density at radius 2 is 1.85 bits per heavy atom. The van der Waals surface area contributed by atoms with Crippen molar-refractivity contribution in [3.8, 4) is 5.75 Å². The minimum atomic E-state index is -3.89. The lowest BCUT2D eigenvalue weighted by atomic mass is 9.87. The molecule has 2 aromatic rings. The molecule has 292 valence electrons. The predicted molar refractivity (Wildman–Crippen MR) is 212 cm³/mol. The van der Waals surface area contributed by atoms with Crippen LogP contribution in [0.25, 0.3) is 10.9 Å². The van der Waals surface area contributed by atoms with Crippen molar-refractivity contribution in [2.75, 3.05) is 19.6 Å². The zero-order valence-electron chi connectivity index (χ0n) is 31.5. The van der Waals surface area contributed by atoms with Gasteiger partial charge in [-0.15, -0.1) is 0 Å². The summed E-state index contributed by atoms with van der Waals surface area (Å²) in [4.78, 5) is 64.4. The van der Waals surface area contributed by atoms with Crippen molar-refractivity contribution in [1.29, 1.82) is 0 Å². The lowest BCUT2D eigenvalue weighted by Gasteiger charge is -2.37. The first kappa shape index (κ1) is 38.8. The number of benzene rings is 1. The van der Waals surface area contributed by atoms with Gasteiger partial charge in [0.15, 0.2) is 0 Å². The van der Waals surface area contributed by atoms with Crippen molar-refractivity contribution in [2.24, 2.45) is 11.8 Å². The second-order valence-electron chi connectivity index (χ2n) is 15.9. The van der Waals surface area contributed by atoms with Gasteiger partial charge in [0, 0.05) is 36.4 Å². The molecular weight excluding hydrogens is 823 g/mol. The zero-order valence-corrected chi connectivity index (χ0v) is 34.4. The van der Waals surface area contributed by atoms with E-state index in [1.165, 1.54) is 0 Å². The molecule has 5 amide bonds. The van der Waals surface area contributed by atoms with Crippen LogP contribution < -0.4 is 20.1 Å². The molecule has 7 rings (SSSR count). The average molecular weight is 875 g/mol. The molecule has 2 aliphatic carbocycles. The van der Waals surface area contributed by atoms with E-state index in [1.54, 1.807) is 16.7 Å². The number of urea groups is 1. The number of nitrogens with zero attached hydrogens (tertiary/aromatic N) is 3. The first-order chi connectivity index (χ1) is 25.7. The fourth-order valence-corrected chi connectivity index (χ4v) is 11.1. The number of ether oxygens (including phenoxy) is 1. The number of halogens is 1. The first-order valence-electron chi connectivity index (χ1n) is 19.3. The van der Waals surface area contributed by atoms with Crippen molar-refractivity contribution in [3.05, 3.63) is 47.7 Å². The van der Waals surface area contributed by atoms with E-state index >= 15 is 0 Å². The number of aromatic nitrogens is 1. The largest absolute Gasteiger partial charge is 0.483 e. The number of amides is 5. The summed E-state index contributed by atoms with van der Waals surface area (Å²) in [7, 11) is -3.89. The normalized spacial score (nSPS) is 31.1. The van der Waals surface area contributed by atoms with Crippen LogP contribution in [0.4, 0.5) is 4.79 Å². The van der Waals surface area contributed by atoms with Crippen LogP contribution in [0, 0.1) is 18.8 Å². The maximum atomic E-state index is 14.8. The number of pyridine rings is 1. The standard InChI is InChI=1S/C39H51IN6O7S/c1-5-45(6-2)36(50)42-29-17-11-9-7-8-10-15-27-31(34(48)44-54(51,52)37(4)20-21-37)39(27,40)43-33(47)30-22-38(23-46(30)35(29)49)19-18-26-25-14-12-13-16-28(25)41-24(3)32(26)53-38/h10,12-16,27,29-31H,5-9,11,17-23H2,1-4H3,(H,42,50)(H,43,47)(H,44,48)/b15-10-/t27-,29+,30+,31?,38-,39-/m1/s1. The van der Waals surface area contributed by atoms with Gasteiger partial charge in [0.25, 0.3) is 0 Å². The topological polar surface area (TPSA) is 167 Å². The first-order valence-corrected chi connectivity index (χ1v) is 21.9. The molecule has 13 nitrogen and oxygen atoms in total. The maximum absolute atomic E-state index is 14.8. The molecule has 3 aliphatic heterocycles. The zero-order chi connectivity index (χ0) is 38.6. The molecule has 54 heavy (non-hydrogen) atoms. The van der Waals surface area contributed by atoms with E-state index in [9.17, 15) is 27.6 Å². The Morgan fingerprint density at radius 1 is 1.11 bits per heavy atom. The van der Waals surface area contributed by atoms with Gasteiger partial charge in [-0.05, 0) is 78.7 Å². The van der Waals surface area contributed by atoms with Gasteiger partial charge in [0.2, 0.25) is 27.7 Å². The summed E-state index contributed by atoms with van der Waals surface area (Å²) in [6.07, 6.45) is 9.73. The van der Waals surface area contributed by atoms with Gasteiger partial charge in [0.1, 0.15) is 27.0 Å². The molecule has 1 aromatic heterocycles. The van der Waals surface area contributed by atoms with Crippen LogP contribution in [-0.2, 0) is 30.8 Å². The highest BCUT2D eigenvalue weighted by atomic mass is 127. The fourth-order valence-electron chi connectivity index (χ4n) is 8.49. The molecule has 6 atom stereocenters. The molecule has 5 aliphatic rings. The van der Waals surface area contributed by atoms with Crippen molar-refractivity contribution in [1.82, 2.24) is 30.1 Å². The van der Waals surface area contributed by atoms with Crippen LogP contribution in [0.2, 0.25) is 0 Å². The number of hydrogen-bond acceptors (Lipinski definition) is 8. The molecule has 1 spiro atoms. The summed E-state index contributed by atoms with van der Waals surface area (Å²) in [6, 6.07) is 5.77. The predicted octanol–water partition coefficient (Wildman–Crippen LogP) is 4.64. The molecule has 3 fully saturated rings. The lowest BCUT2D eigenvalue weighted by Crippen LogP contribution is -2.56. The minimum Gasteiger partial charge on any atom is -0.483 e. The number of carbonyl (C=O) groups excluding carboxylic acids is 4. The summed E-state index contributed by atoms with van der Waals surface area (Å²) < 4.78 is 33.3. The smallest absolute Gasteiger partial charge is 0.318 e. The number of nitrogens with one attached hydrogen (secondary N) is 3. The molecular formula is C39H51IN6O7S. The summed E-state index contributed by atoms with van der Waals surface area (Å²) in [5.41, 5.74) is 1.77. The van der Waals surface area contributed by atoms with Crippen molar-refractivity contribution >= 4 is 67.3 Å². The van der Waals surface area contributed by atoms with E-state index in [2.05, 4.69) is 37.9 Å². The van der Waals surface area contributed by atoms with Crippen molar-refractivity contribution in [3.63, 3.8) is 0 Å². The van der Waals surface area contributed by atoms with Crippen LogP contribution in [0.15, 0.2) is 36.4 Å². The molecule has 1 aromatic carbocycles. The van der Waals surface area contributed by atoms with E-state index in [1.807, 2.05) is 57.2 Å². The number of hydrogen-bond donors (Lipinski definition) is 3. The highest BCUT2D eigenvalue weighted by molar-refractivity contribution is 14.1. The van der Waals surface area contributed by atoms with Gasteiger partial charge < -0.3 is 25.2 Å². The number of alkyl halides is 1. The number of rotatable bonds is 6. The Morgan fingerprint density at radius 3 is 2.57 bits per heavy atom. The van der Waals surface area contributed by atoms with Gasteiger partial charge in [0.05, 0.1) is 28.4 Å². The number of carbonyl (C=O) groups is 4. The van der Waals surface area contributed by atoms with E-state index in [4.69, 9.17) is 9.72 Å². The second kappa shape index (κ2) is 14.6. The van der Waals surface area contributed by atoms with Crippen LogP contribution in [0.5, 0.6) is 5.75 Å². The highest BCUT2D eigenvalue weighted by Crippen LogP contribution is 2.57. The molecule has 4 heterocycles. The fraction of sp³-hybridized carbons (Fsp3) is 0.615. The summed E-state index contributed by atoms with van der Waals surface area (Å²) >= 11 is 2.07. The number of allylic oxidation sites excluding steroid dienone is 1. The number of aryl methyl sites for hydroxylation is 2. The minimum absolute atomic E-state index is 0.131.